The van der Waals surface area contributed by atoms with E-state index < -0.39 is 0 Å². The first-order valence-corrected chi connectivity index (χ1v) is 7.43. The fourth-order valence-electron chi connectivity index (χ4n) is 2.50. The fourth-order valence-corrected chi connectivity index (χ4v) is 2.50. The van der Waals surface area contributed by atoms with Crippen LogP contribution in [0.3, 0.4) is 0 Å². The van der Waals surface area contributed by atoms with Crippen LogP contribution < -0.4 is 0 Å². The van der Waals surface area contributed by atoms with Crippen molar-refractivity contribution in [2.24, 2.45) is 0 Å². The lowest BCUT2D eigenvalue weighted by atomic mass is 9.98. The molecule has 0 aliphatic rings. The smallest absolute Gasteiger partial charge is 0.118 e. The van der Waals surface area contributed by atoms with Crippen LogP contribution >= 0.6 is 0 Å². The fraction of sp³-hybridized carbons (Fsp3) is 0.222. The zero-order valence-corrected chi connectivity index (χ0v) is 12.6. The molecule has 1 N–H and O–H groups in total. The molecule has 1 unspecified atom stereocenters. The lowest BCUT2D eigenvalue weighted by Gasteiger charge is -2.09. The Hall–Kier alpha value is -2.62. The summed E-state index contributed by atoms with van der Waals surface area (Å²) in [6, 6.07) is 17.6. The molecular weight excluding hydrogens is 274 g/mol. The topological polar surface area (TPSA) is 50.9 Å². The number of hydrogen-bond acceptors (Lipinski definition) is 3. The highest BCUT2D eigenvalue weighted by Gasteiger charge is 2.13. The monoisotopic (exact) mass is 293 g/mol. The van der Waals surface area contributed by atoms with Gasteiger partial charge in [0.1, 0.15) is 5.75 Å². The summed E-state index contributed by atoms with van der Waals surface area (Å²) >= 11 is 0. The van der Waals surface area contributed by atoms with E-state index in [2.05, 4.69) is 29.4 Å². The molecular formula is C18H19N3O. The number of rotatable bonds is 5. The summed E-state index contributed by atoms with van der Waals surface area (Å²) in [6.07, 6.45) is 2.73. The number of aromatic hydroxyl groups is 1. The van der Waals surface area contributed by atoms with Crippen LogP contribution in [0.1, 0.15) is 29.7 Å². The molecule has 0 aliphatic carbocycles. The van der Waals surface area contributed by atoms with E-state index in [0.717, 1.165) is 24.2 Å². The molecule has 0 bridgehead atoms. The first kappa shape index (κ1) is 14.3. The SMILES string of the molecule is CC(Cc1ccccc1O)c1cn(Cc2ccccc2)nn1. The molecule has 3 aromatic rings. The number of para-hydroxylation sites is 1. The van der Waals surface area contributed by atoms with Gasteiger partial charge in [0.25, 0.3) is 0 Å². The van der Waals surface area contributed by atoms with Gasteiger partial charge in [-0.2, -0.15) is 0 Å². The molecule has 0 spiro atoms. The Morgan fingerprint density at radius 2 is 1.77 bits per heavy atom. The van der Waals surface area contributed by atoms with E-state index in [0.29, 0.717) is 5.75 Å². The predicted octanol–water partition coefficient (Wildman–Crippen LogP) is 3.38. The third-order valence-electron chi connectivity index (χ3n) is 3.77. The Bertz CT molecular complexity index is 737. The molecule has 4 heteroatoms. The van der Waals surface area contributed by atoms with Crippen molar-refractivity contribution in [2.45, 2.75) is 25.8 Å². The summed E-state index contributed by atoms with van der Waals surface area (Å²) in [7, 11) is 0. The van der Waals surface area contributed by atoms with Gasteiger partial charge in [-0.05, 0) is 23.6 Å². The van der Waals surface area contributed by atoms with Gasteiger partial charge in [-0.25, -0.2) is 4.68 Å². The number of aromatic nitrogens is 3. The van der Waals surface area contributed by atoms with Crippen molar-refractivity contribution >= 4 is 0 Å². The molecule has 0 fully saturated rings. The molecule has 0 saturated heterocycles. The summed E-state index contributed by atoms with van der Waals surface area (Å²) in [4.78, 5) is 0. The Balaban J connectivity index is 1.69. The highest BCUT2D eigenvalue weighted by molar-refractivity contribution is 5.33. The first-order valence-electron chi connectivity index (χ1n) is 7.43. The molecule has 4 nitrogen and oxygen atoms in total. The van der Waals surface area contributed by atoms with Crippen LogP contribution in [-0.2, 0) is 13.0 Å². The lowest BCUT2D eigenvalue weighted by molar-refractivity contribution is 0.465. The van der Waals surface area contributed by atoms with Crippen molar-refractivity contribution in [2.75, 3.05) is 0 Å². The number of benzene rings is 2. The molecule has 0 radical (unpaired) electrons. The first-order chi connectivity index (χ1) is 10.7. The molecule has 1 atom stereocenters. The van der Waals surface area contributed by atoms with Gasteiger partial charge in [0, 0.05) is 12.1 Å². The van der Waals surface area contributed by atoms with Gasteiger partial charge in [-0.3, -0.25) is 0 Å². The van der Waals surface area contributed by atoms with Crippen LogP contribution in [0.4, 0.5) is 0 Å². The maximum Gasteiger partial charge on any atom is 0.118 e. The molecule has 0 saturated carbocycles. The minimum absolute atomic E-state index is 0.206. The van der Waals surface area contributed by atoms with Gasteiger partial charge in [0.15, 0.2) is 0 Å². The van der Waals surface area contributed by atoms with Crippen LogP contribution in [0.5, 0.6) is 5.75 Å². The van der Waals surface area contributed by atoms with Crippen molar-refractivity contribution in [3.8, 4) is 5.75 Å². The highest BCUT2D eigenvalue weighted by atomic mass is 16.3. The minimum Gasteiger partial charge on any atom is -0.508 e. The van der Waals surface area contributed by atoms with Crippen LogP contribution in [0.15, 0.2) is 60.8 Å². The number of nitrogens with zero attached hydrogens (tertiary/aromatic N) is 3. The Morgan fingerprint density at radius 3 is 2.55 bits per heavy atom. The minimum atomic E-state index is 0.206. The normalized spacial score (nSPS) is 12.2. The molecule has 1 aromatic heterocycles. The summed E-state index contributed by atoms with van der Waals surface area (Å²) in [5, 5.41) is 18.3. The van der Waals surface area contributed by atoms with Crippen molar-refractivity contribution in [1.29, 1.82) is 0 Å². The van der Waals surface area contributed by atoms with Gasteiger partial charge in [-0.1, -0.05) is 60.7 Å². The van der Waals surface area contributed by atoms with Crippen molar-refractivity contribution in [1.82, 2.24) is 15.0 Å². The zero-order valence-electron chi connectivity index (χ0n) is 12.6. The van der Waals surface area contributed by atoms with Crippen LogP contribution in [0, 0.1) is 0 Å². The van der Waals surface area contributed by atoms with Crippen molar-refractivity contribution < 1.29 is 5.11 Å². The van der Waals surface area contributed by atoms with Gasteiger partial charge in [-0.15, -0.1) is 5.10 Å². The third kappa shape index (κ3) is 3.34. The Labute approximate surface area is 130 Å². The van der Waals surface area contributed by atoms with E-state index >= 15 is 0 Å². The van der Waals surface area contributed by atoms with Crippen LogP contribution in [-0.4, -0.2) is 20.1 Å². The van der Waals surface area contributed by atoms with Crippen molar-refractivity contribution in [3.63, 3.8) is 0 Å². The number of phenolic OH excluding ortho intramolecular Hbond substituents is 1. The maximum atomic E-state index is 9.87. The van der Waals surface area contributed by atoms with Crippen LogP contribution in [0.25, 0.3) is 0 Å². The van der Waals surface area contributed by atoms with Gasteiger partial charge < -0.3 is 5.11 Å². The largest absolute Gasteiger partial charge is 0.508 e. The molecule has 0 aliphatic heterocycles. The average Bonchev–Trinajstić information content (AvgIpc) is 2.99. The zero-order chi connectivity index (χ0) is 15.4. The predicted molar refractivity (Wildman–Crippen MR) is 85.8 cm³/mol. The Kier molecular flexibility index (Phi) is 4.19. The second-order valence-corrected chi connectivity index (χ2v) is 5.56. The van der Waals surface area contributed by atoms with E-state index in [1.165, 1.54) is 5.56 Å². The second kappa shape index (κ2) is 6.43. The second-order valence-electron chi connectivity index (χ2n) is 5.56. The quantitative estimate of drug-likeness (QED) is 0.784. The summed E-state index contributed by atoms with van der Waals surface area (Å²) < 4.78 is 1.85. The van der Waals surface area contributed by atoms with Crippen LogP contribution in [0.2, 0.25) is 0 Å². The highest BCUT2D eigenvalue weighted by Crippen LogP contribution is 2.24. The van der Waals surface area contributed by atoms with E-state index in [-0.39, 0.29) is 5.92 Å². The molecule has 3 rings (SSSR count). The molecule has 22 heavy (non-hydrogen) atoms. The van der Waals surface area contributed by atoms with E-state index in [4.69, 9.17) is 0 Å². The Morgan fingerprint density at radius 1 is 1.05 bits per heavy atom. The number of hydrogen-bond donors (Lipinski definition) is 1. The van der Waals surface area contributed by atoms with Gasteiger partial charge >= 0.3 is 0 Å². The summed E-state index contributed by atoms with van der Waals surface area (Å²) in [5.41, 5.74) is 3.08. The summed E-state index contributed by atoms with van der Waals surface area (Å²) in [5.74, 6) is 0.545. The summed E-state index contributed by atoms with van der Waals surface area (Å²) in [6.45, 7) is 2.82. The maximum absolute atomic E-state index is 9.87. The number of phenols is 1. The standard InChI is InChI=1S/C18H19N3O/c1-14(11-16-9-5-6-10-18(16)22)17-13-21(20-19-17)12-15-7-3-2-4-8-15/h2-10,13-14,22H,11-12H2,1H3. The third-order valence-corrected chi connectivity index (χ3v) is 3.77. The lowest BCUT2D eigenvalue weighted by Crippen LogP contribution is -2.00. The molecule has 0 amide bonds. The molecule has 112 valence electrons. The van der Waals surface area contributed by atoms with E-state index in [1.54, 1.807) is 6.07 Å². The van der Waals surface area contributed by atoms with E-state index in [1.807, 2.05) is 47.3 Å². The van der Waals surface area contributed by atoms with E-state index in [9.17, 15) is 5.11 Å². The average molecular weight is 293 g/mol. The van der Waals surface area contributed by atoms with Gasteiger partial charge in [0.05, 0.1) is 12.2 Å². The molecule has 1 heterocycles. The van der Waals surface area contributed by atoms with Gasteiger partial charge in [0.2, 0.25) is 0 Å². The molecule has 2 aromatic carbocycles. The van der Waals surface area contributed by atoms with Crippen molar-refractivity contribution in [3.05, 3.63) is 77.6 Å².